The number of amides is 2. The number of carboxylic acid groups (broad SMARTS) is 1. The molecule has 2 amide bonds. The van der Waals surface area contributed by atoms with Gasteiger partial charge in [0.2, 0.25) is 11.8 Å². The second-order valence-corrected chi connectivity index (χ2v) is 9.29. The molecule has 2 aliphatic rings. The first kappa shape index (κ1) is 29.0. The standard InChI is InChI=1S/C21H30N6O4.H2O4S/c22-21(23)24-9-3-7-15(20(30)31)26-18(28)17-8-4-10-27(17)19(29)16-11-13-5-1-2-6-14(13)12-25-16;1-5(2,3)4/h1-2,5-6,15-17,25H,3-4,7-12H2,(H,26,28)(H,30,31)(H4,22,23,24);(H2,1,2,3,4)/t15-,16-,17-;/m0./s1. The monoisotopic (exact) mass is 528 g/mol. The van der Waals surface area contributed by atoms with Crippen molar-refractivity contribution in [3.8, 4) is 0 Å². The van der Waals surface area contributed by atoms with Crippen molar-refractivity contribution in [1.29, 1.82) is 0 Å². The Morgan fingerprint density at radius 1 is 1.19 bits per heavy atom. The molecule has 14 nitrogen and oxygen atoms in total. The molecule has 1 saturated heterocycles. The minimum absolute atomic E-state index is 0.0602. The van der Waals surface area contributed by atoms with Gasteiger partial charge >= 0.3 is 16.4 Å². The number of nitrogens with zero attached hydrogens (tertiary/aromatic N) is 2. The molecule has 2 heterocycles. The van der Waals surface area contributed by atoms with E-state index in [2.05, 4.69) is 15.6 Å². The van der Waals surface area contributed by atoms with Gasteiger partial charge in [0.25, 0.3) is 0 Å². The maximum atomic E-state index is 13.1. The van der Waals surface area contributed by atoms with E-state index in [9.17, 15) is 19.5 Å². The van der Waals surface area contributed by atoms with E-state index in [0.29, 0.717) is 38.8 Å². The minimum atomic E-state index is -4.67. The lowest BCUT2D eigenvalue weighted by Gasteiger charge is -2.32. The van der Waals surface area contributed by atoms with Crippen LogP contribution in [0.15, 0.2) is 29.3 Å². The summed E-state index contributed by atoms with van der Waals surface area (Å²) in [4.78, 5) is 43.0. The van der Waals surface area contributed by atoms with E-state index in [0.717, 1.165) is 5.56 Å². The van der Waals surface area contributed by atoms with E-state index < -0.39 is 40.4 Å². The Labute approximate surface area is 208 Å². The van der Waals surface area contributed by atoms with Crippen molar-refractivity contribution < 1.29 is 37.0 Å². The molecule has 36 heavy (non-hydrogen) atoms. The van der Waals surface area contributed by atoms with E-state index in [-0.39, 0.29) is 24.8 Å². The third kappa shape index (κ3) is 9.41. The summed E-state index contributed by atoms with van der Waals surface area (Å²) in [6.07, 6.45) is 2.40. The third-order valence-corrected chi connectivity index (χ3v) is 5.78. The van der Waals surface area contributed by atoms with Gasteiger partial charge in [0.15, 0.2) is 5.96 Å². The van der Waals surface area contributed by atoms with E-state index >= 15 is 0 Å². The number of carbonyl (C=O) groups excluding carboxylic acids is 2. The lowest BCUT2D eigenvalue weighted by Crippen LogP contribution is -2.55. The number of carbonyl (C=O) groups is 3. The number of fused-ring (bicyclic) bond motifs is 1. The van der Waals surface area contributed by atoms with Crippen LogP contribution in [0.5, 0.6) is 0 Å². The minimum Gasteiger partial charge on any atom is -0.480 e. The Bertz CT molecular complexity index is 1070. The molecule has 0 aromatic heterocycles. The van der Waals surface area contributed by atoms with Crippen molar-refractivity contribution in [2.75, 3.05) is 13.1 Å². The number of nitrogens with two attached hydrogens (primary N) is 2. The molecule has 0 radical (unpaired) electrons. The number of rotatable bonds is 8. The Morgan fingerprint density at radius 2 is 1.83 bits per heavy atom. The molecule has 0 saturated carbocycles. The van der Waals surface area contributed by atoms with E-state index in [1.807, 2.05) is 24.3 Å². The molecular formula is C21H32N6O8S. The Kier molecular flexibility index (Phi) is 10.6. The molecule has 0 bridgehead atoms. The Balaban J connectivity index is 0.000000830. The van der Waals surface area contributed by atoms with Gasteiger partial charge in [0.1, 0.15) is 12.1 Å². The maximum Gasteiger partial charge on any atom is 0.394 e. The number of carboxylic acids is 1. The predicted molar refractivity (Wildman–Crippen MR) is 129 cm³/mol. The lowest BCUT2D eigenvalue weighted by atomic mass is 9.95. The normalized spacial score (nSPS) is 19.8. The van der Waals surface area contributed by atoms with Crippen LogP contribution in [0, 0.1) is 0 Å². The summed E-state index contributed by atoms with van der Waals surface area (Å²) in [7, 11) is -4.67. The first-order valence-electron chi connectivity index (χ1n) is 11.3. The molecule has 1 fully saturated rings. The van der Waals surface area contributed by atoms with Crippen LogP contribution in [0.2, 0.25) is 0 Å². The van der Waals surface area contributed by atoms with Crippen molar-refractivity contribution in [3.05, 3.63) is 35.4 Å². The van der Waals surface area contributed by atoms with E-state index in [4.69, 9.17) is 29.0 Å². The van der Waals surface area contributed by atoms with Gasteiger partial charge in [-0.25, -0.2) is 4.79 Å². The van der Waals surface area contributed by atoms with Gasteiger partial charge in [-0.05, 0) is 43.2 Å². The number of aliphatic imine (C=N–C) groups is 1. The predicted octanol–water partition coefficient (Wildman–Crippen LogP) is -1.34. The smallest absolute Gasteiger partial charge is 0.394 e. The summed E-state index contributed by atoms with van der Waals surface area (Å²) in [5.41, 5.74) is 12.8. The highest BCUT2D eigenvalue weighted by atomic mass is 32.3. The Hall–Kier alpha value is -3.27. The van der Waals surface area contributed by atoms with Crippen LogP contribution in [0.25, 0.3) is 0 Å². The highest BCUT2D eigenvalue weighted by Crippen LogP contribution is 2.23. The molecule has 1 aromatic rings. The van der Waals surface area contributed by atoms with Crippen LogP contribution >= 0.6 is 0 Å². The van der Waals surface area contributed by atoms with Crippen molar-refractivity contribution in [2.45, 2.75) is 56.8 Å². The zero-order valence-electron chi connectivity index (χ0n) is 19.5. The number of guanidine groups is 1. The van der Waals surface area contributed by atoms with Crippen LogP contribution in [0.4, 0.5) is 0 Å². The average molecular weight is 529 g/mol. The highest BCUT2D eigenvalue weighted by molar-refractivity contribution is 7.79. The van der Waals surface area contributed by atoms with E-state index in [1.165, 1.54) is 5.56 Å². The number of benzene rings is 1. The fourth-order valence-corrected chi connectivity index (χ4v) is 4.16. The average Bonchev–Trinajstić information content (AvgIpc) is 3.29. The molecule has 3 rings (SSSR count). The number of aliphatic carboxylic acids is 1. The zero-order chi connectivity index (χ0) is 26.9. The molecular weight excluding hydrogens is 496 g/mol. The van der Waals surface area contributed by atoms with Gasteiger partial charge < -0.3 is 32.1 Å². The molecule has 1 aromatic carbocycles. The van der Waals surface area contributed by atoms with Crippen molar-refractivity contribution >= 4 is 34.1 Å². The third-order valence-electron chi connectivity index (χ3n) is 5.78. The van der Waals surface area contributed by atoms with Gasteiger partial charge in [-0.2, -0.15) is 8.42 Å². The summed E-state index contributed by atoms with van der Waals surface area (Å²) < 4.78 is 31.6. The van der Waals surface area contributed by atoms with Gasteiger partial charge in [-0.15, -0.1) is 0 Å². The zero-order valence-corrected chi connectivity index (χ0v) is 20.4. The quantitative estimate of drug-likeness (QED) is 0.0902. The maximum absolute atomic E-state index is 13.1. The van der Waals surface area contributed by atoms with E-state index in [1.54, 1.807) is 4.90 Å². The number of hydrogen-bond donors (Lipinski definition) is 7. The van der Waals surface area contributed by atoms with Gasteiger partial charge in [0.05, 0.1) is 6.04 Å². The van der Waals surface area contributed by atoms with Crippen LogP contribution in [0.1, 0.15) is 36.8 Å². The van der Waals surface area contributed by atoms with Gasteiger partial charge in [0, 0.05) is 19.6 Å². The summed E-state index contributed by atoms with van der Waals surface area (Å²) in [5.74, 6) is -1.74. The summed E-state index contributed by atoms with van der Waals surface area (Å²) in [5, 5.41) is 15.3. The molecule has 9 N–H and O–H groups in total. The molecule has 15 heteroatoms. The van der Waals surface area contributed by atoms with Crippen LogP contribution in [0.3, 0.4) is 0 Å². The molecule has 0 unspecified atom stereocenters. The van der Waals surface area contributed by atoms with Crippen molar-refractivity contribution in [1.82, 2.24) is 15.5 Å². The fourth-order valence-electron chi connectivity index (χ4n) is 4.16. The van der Waals surface area contributed by atoms with Crippen LogP contribution in [-0.2, 0) is 37.7 Å². The number of nitrogens with one attached hydrogen (secondary N) is 2. The second-order valence-electron chi connectivity index (χ2n) is 8.39. The molecule has 3 atom stereocenters. The van der Waals surface area contributed by atoms with Crippen molar-refractivity contribution in [3.63, 3.8) is 0 Å². The first-order chi connectivity index (χ1) is 16.9. The fraction of sp³-hybridized carbons (Fsp3) is 0.524. The van der Waals surface area contributed by atoms with Crippen LogP contribution in [-0.4, -0.2) is 82.5 Å². The number of hydrogen-bond acceptors (Lipinski definition) is 7. The van der Waals surface area contributed by atoms with Crippen LogP contribution < -0.4 is 22.1 Å². The number of likely N-dealkylation sites (tertiary alicyclic amines) is 1. The second kappa shape index (κ2) is 13.2. The SMILES string of the molecule is NC(N)=NCCC[C@H](NC(=O)[C@@H]1CCCN1C(=O)[C@@H]1Cc2ccccc2CN1)C(=O)O.O=S(=O)(O)O. The molecule has 0 aliphatic carbocycles. The lowest BCUT2D eigenvalue weighted by molar-refractivity contribution is -0.144. The largest absolute Gasteiger partial charge is 0.480 e. The summed E-state index contributed by atoms with van der Waals surface area (Å²) in [6.45, 7) is 1.37. The highest BCUT2D eigenvalue weighted by Gasteiger charge is 2.39. The van der Waals surface area contributed by atoms with Gasteiger partial charge in [-0.1, -0.05) is 24.3 Å². The topological polar surface area (TPSA) is 238 Å². The molecule has 0 spiro atoms. The molecule has 200 valence electrons. The van der Waals surface area contributed by atoms with Crippen molar-refractivity contribution in [2.24, 2.45) is 16.5 Å². The van der Waals surface area contributed by atoms with Gasteiger partial charge in [-0.3, -0.25) is 23.7 Å². The molecule has 2 aliphatic heterocycles. The summed E-state index contributed by atoms with van der Waals surface area (Å²) in [6, 6.07) is 5.87. The Morgan fingerprint density at radius 3 is 2.44 bits per heavy atom. The summed E-state index contributed by atoms with van der Waals surface area (Å²) >= 11 is 0. The first-order valence-corrected chi connectivity index (χ1v) is 12.7.